The summed E-state index contributed by atoms with van der Waals surface area (Å²) in [6, 6.07) is -1.83. The summed E-state index contributed by atoms with van der Waals surface area (Å²) in [6.07, 6.45) is 1.39. The van der Waals surface area contributed by atoms with Crippen LogP contribution in [0.15, 0.2) is 22.5 Å². The number of carbonyl (C=O) groups is 4. The zero-order valence-corrected chi connectivity index (χ0v) is 15.7. The van der Waals surface area contributed by atoms with Gasteiger partial charge in [-0.25, -0.2) is 19.2 Å². The van der Waals surface area contributed by atoms with Crippen LogP contribution in [0, 0.1) is 0 Å². The van der Waals surface area contributed by atoms with E-state index < -0.39 is 36.1 Å². The first-order valence-electron chi connectivity index (χ1n) is 8.51. The van der Waals surface area contributed by atoms with Crippen LogP contribution in [0.5, 0.6) is 0 Å². The monoisotopic (exact) mass is 380 g/mol. The van der Waals surface area contributed by atoms with Gasteiger partial charge >= 0.3 is 24.0 Å². The van der Waals surface area contributed by atoms with E-state index in [0.29, 0.717) is 41.8 Å². The highest BCUT2D eigenvalue weighted by molar-refractivity contribution is 5.95. The summed E-state index contributed by atoms with van der Waals surface area (Å²) >= 11 is 0. The van der Waals surface area contributed by atoms with E-state index in [0.717, 1.165) is 0 Å². The molecule has 0 aromatic heterocycles. The van der Waals surface area contributed by atoms with Crippen LogP contribution in [0.2, 0.25) is 0 Å². The van der Waals surface area contributed by atoms with Crippen LogP contribution in [0.3, 0.4) is 0 Å². The molecule has 2 unspecified atom stereocenters. The molecule has 4 amide bonds. The normalized spacial score (nSPS) is 22.4. The van der Waals surface area contributed by atoms with Gasteiger partial charge in [-0.05, 0) is 33.1 Å². The molecule has 0 aromatic rings. The molecule has 0 saturated heterocycles. The summed E-state index contributed by atoms with van der Waals surface area (Å²) in [4.78, 5) is 47.5. The van der Waals surface area contributed by atoms with Gasteiger partial charge in [0.1, 0.15) is 0 Å². The molecule has 2 aliphatic rings. The van der Waals surface area contributed by atoms with E-state index >= 15 is 0 Å². The summed E-state index contributed by atoms with van der Waals surface area (Å²) in [5.74, 6) is -1.04. The molecule has 0 spiro atoms. The van der Waals surface area contributed by atoms with E-state index in [2.05, 4.69) is 21.3 Å². The lowest BCUT2D eigenvalue weighted by atomic mass is 9.93. The van der Waals surface area contributed by atoms with Crippen LogP contribution in [0.1, 0.15) is 33.1 Å². The zero-order valence-electron chi connectivity index (χ0n) is 15.7. The Bertz CT molecular complexity index is 667. The predicted molar refractivity (Wildman–Crippen MR) is 94.2 cm³/mol. The van der Waals surface area contributed by atoms with Gasteiger partial charge in [0.2, 0.25) is 0 Å². The predicted octanol–water partition coefficient (Wildman–Crippen LogP) is 0.414. The number of hydrogen-bond acceptors (Lipinski definition) is 6. The first kappa shape index (κ1) is 20.3. The Balaban J connectivity index is 2.09. The Kier molecular flexibility index (Phi) is 6.43. The molecule has 2 heterocycles. The van der Waals surface area contributed by atoms with Crippen molar-refractivity contribution >= 4 is 24.0 Å². The Labute approximate surface area is 156 Å². The summed E-state index contributed by atoms with van der Waals surface area (Å²) < 4.78 is 9.58. The molecule has 0 bridgehead atoms. The average Bonchev–Trinajstić information content (AvgIpc) is 2.59. The maximum Gasteiger partial charge on any atom is 0.337 e. The topological polar surface area (TPSA) is 135 Å². The van der Waals surface area contributed by atoms with Gasteiger partial charge in [-0.1, -0.05) is 0 Å². The number of amides is 4. The smallest absolute Gasteiger partial charge is 0.337 e. The minimum Gasteiger partial charge on any atom is -0.466 e. The van der Waals surface area contributed by atoms with Gasteiger partial charge in [0.15, 0.2) is 0 Å². The molecule has 10 heteroatoms. The number of urea groups is 2. The van der Waals surface area contributed by atoms with Crippen molar-refractivity contribution in [1.29, 1.82) is 0 Å². The van der Waals surface area contributed by atoms with Crippen molar-refractivity contribution < 1.29 is 28.7 Å². The minimum atomic E-state index is -0.522. The van der Waals surface area contributed by atoms with E-state index in [1.807, 2.05) is 0 Å². The van der Waals surface area contributed by atoms with Gasteiger partial charge in [0.25, 0.3) is 0 Å². The van der Waals surface area contributed by atoms with E-state index in [1.165, 1.54) is 14.2 Å². The van der Waals surface area contributed by atoms with Gasteiger partial charge in [-0.3, -0.25) is 0 Å². The van der Waals surface area contributed by atoms with Crippen LogP contribution in [-0.4, -0.2) is 50.3 Å². The number of rotatable bonds is 6. The SMILES string of the molecule is COC(=O)C1=C(C)NC(=O)NC1CCCC1NC(=O)NC(C)=C1C(=O)OC. The van der Waals surface area contributed by atoms with Crippen molar-refractivity contribution in [3.8, 4) is 0 Å². The fourth-order valence-corrected chi connectivity index (χ4v) is 3.30. The maximum atomic E-state index is 12.0. The number of allylic oxidation sites excluding steroid dienone is 2. The number of esters is 2. The second-order valence-electron chi connectivity index (χ2n) is 6.29. The second-order valence-corrected chi connectivity index (χ2v) is 6.29. The lowest BCUT2D eigenvalue weighted by molar-refractivity contribution is -0.137. The average molecular weight is 380 g/mol. The molecule has 0 aromatic carbocycles. The molecule has 2 atom stereocenters. The van der Waals surface area contributed by atoms with Gasteiger partial charge in [-0.2, -0.15) is 0 Å². The van der Waals surface area contributed by atoms with Gasteiger partial charge in [-0.15, -0.1) is 0 Å². The molecule has 27 heavy (non-hydrogen) atoms. The van der Waals surface area contributed by atoms with Crippen molar-refractivity contribution in [2.24, 2.45) is 0 Å². The molecular formula is C17H24N4O6. The molecule has 148 valence electrons. The van der Waals surface area contributed by atoms with Crippen LogP contribution < -0.4 is 21.3 Å². The van der Waals surface area contributed by atoms with E-state index in [-0.39, 0.29) is 0 Å². The van der Waals surface area contributed by atoms with Gasteiger partial charge < -0.3 is 30.7 Å². The van der Waals surface area contributed by atoms with Crippen LogP contribution in [-0.2, 0) is 19.1 Å². The fourth-order valence-electron chi connectivity index (χ4n) is 3.30. The first-order chi connectivity index (χ1) is 12.8. The first-order valence-corrected chi connectivity index (χ1v) is 8.51. The standard InChI is InChI=1S/C17H24N4O6/c1-8-12(14(22)26-3)10(20-16(24)18-8)6-5-7-11-13(15(23)27-4)9(2)19-17(25)21-11/h10-11H,5-7H2,1-4H3,(H2,18,20,24)(H2,19,21,25). The highest BCUT2D eigenvalue weighted by Crippen LogP contribution is 2.22. The molecule has 10 nitrogen and oxygen atoms in total. The van der Waals surface area contributed by atoms with E-state index in [4.69, 9.17) is 9.47 Å². The molecule has 2 aliphatic heterocycles. The number of ether oxygens (including phenoxy) is 2. The van der Waals surface area contributed by atoms with Crippen molar-refractivity contribution in [2.75, 3.05) is 14.2 Å². The number of nitrogens with one attached hydrogen (secondary N) is 4. The third-order valence-corrected chi connectivity index (χ3v) is 4.51. The summed E-state index contributed by atoms with van der Waals surface area (Å²) in [5, 5.41) is 10.5. The summed E-state index contributed by atoms with van der Waals surface area (Å²) in [7, 11) is 2.55. The number of carbonyl (C=O) groups excluding carboxylic acids is 4. The molecule has 0 saturated carbocycles. The Morgan fingerprint density at radius 1 is 0.815 bits per heavy atom. The van der Waals surface area contributed by atoms with Crippen LogP contribution >= 0.6 is 0 Å². The highest BCUT2D eigenvalue weighted by atomic mass is 16.5. The van der Waals surface area contributed by atoms with Gasteiger partial charge in [0, 0.05) is 11.4 Å². The summed E-state index contributed by atoms with van der Waals surface area (Å²) in [5.41, 5.74) is 1.59. The quantitative estimate of drug-likeness (QED) is 0.493. The minimum absolute atomic E-state index is 0.353. The van der Waals surface area contributed by atoms with Crippen molar-refractivity contribution in [1.82, 2.24) is 21.3 Å². The van der Waals surface area contributed by atoms with E-state index in [1.54, 1.807) is 13.8 Å². The van der Waals surface area contributed by atoms with Crippen molar-refractivity contribution in [3.05, 3.63) is 22.5 Å². The lowest BCUT2D eigenvalue weighted by Crippen LogP contribution is -2.51. The lowest BCUT2D eigenvalue weighted by Gasteiger charge is -2.29. The number of hydrogen-bond donors (Lipinski definition) is 4. The Morgan fingerprint density at radius 3 is 1.52 bits per heavy atom. The molecule has 0 radical (unpaired) electrons. The Hall–Kier alpha value is -3.04. The molecule has 2 rings (SSSR count). The third-order valence-electron chi connectivity index (χ3n) is 4.51. The Morgan fingerprint density at radius 2 is 1.19 bits per heavy atom. The summed E-state index contributed by atoms with van der Waals surface area (Å²) in [6.45, 7) is 3.26. The van der Waals surface area contributed by atoms with Crippen molar-refractivity contribution in [2.45, 2.75) is 45.2 Å². The van der Waals surface area contributed by atoms with Crippen molar-refractivity contribution in [3.63, 3.8) is 0 Å². The fraction of sp³-hybridized carbons (Fsp3) is 0.529. The maximum absolute atomic E-state index is 12.0. The molecular weight excluding hydrogens is 356 g/mol. The zero-order chi connectivity index (χ0) is 20.1. The third kappa shape index (κ3) is 4.57. The molecule has 4 N–H and O–H groups in total. The van der Waals surface area contributed by atoms with Crippen LogP contribution in [0.25, 0.3) is 0 Å². The van der Waals surface area contributed by atoms with Gasteiger partial charge in [0.05, 0.1) is 37.4 Å². The van der Waals surface area contributed by atoms with Crippen LogP contribution in [0.4, 0.5) is 9.59 Å². The molecule has 0 fully saturated rings. The van der Waals surface area contributed by atoms with E-state index in [9.17, 15) is 19.2 Å². The highest BCUT2D eigenvalue weighted by Gasteiger charge is 2.33. The largest absolute Gasteiger partial charge is 0.466 e. The number of methoxy groups -OCH3 is 2. The molecule has 0 aliphatic carbocycles. The second kappa shape index (κ2) is 8.56.